The average Bonchev–Trinajstić information content (AvgIpc) is 3.86. The number of aromatic nitrogens is 3. The van der Waals surface area contributed by atoms with Gasteiger partial charge in [0.25, 0.3) is 0 Å². The van der Waals surface area contributed by atoms with Crippen LogP contribution in [0.4, 0.5) is 10.2 Å². The summed E-state index contributed by atoms with van der Waals surface area (Å²) in [5, 5.41) is 8.84. The van der Waals surface area contributed by atoms with Crippen molar-refractivity contribution in [3.63, 3.8) is 0 Å². The van der Waals surface area contributed by atoms with Gasteiger partial charge in [-0.05, 0) is 67.3 Å². The first-order valence-corrected chi connectivity index (χ1v) is 15.0. The van der Waals surface area contributed by atoms with Crippen LogP contribution in [0.3, 0.4) is 0 Å². The second kappa shape index (κ2) is 10.5. The largest absolute Gasteiger partial charge is 0.348 e. The SMILES string of the molecule is CN1NC=C(C2=C3CC3C3=C(NC=CC=C3c3cccnc3)N2)c2c1ncc(-c1cncc(CN3CCCCC3)c1)c2F. The minimum absolute atomic E-state index is 0.240. The van der Waals surface area contributed by atoms with Crippen molar-refractivity contribution in [1.29, 1.82) is 0 Å². The number of pyridine rings is 3. The zero-order chi connectivity index (χ0) is 28.9. The van der Waals surface area contributed by atoms with Crippen LogP contribution in [0.5, 0.6) is 0 Å². The maximum atomic E-state index is 16.8. The number of likely N-dealkylation sites (tertiary alicyclic amines) is 1. The Morgan fingerprint density at radius 3 is 2.77 bits per heavy atom. The molecule has 1 unspecified atom stereocenters. The molecule has 1 atom stereocenters. The number of rotatable bonds is 5. The molecule has 1 saturated carbocycles. The van der Waals surface area contributed by atoms with E-state index in [0.717, 1.165) is 65.4 Å². The van der Waals surface area contributed by atoms with Crippen LogP contribution < -0.4 is 21.1 Å². The van der Waals surface area contributed by atoms with Crippen LogP contribution in [0.2, 0.25) is 0 Å². The highest BCUT2D eigenvalue weighted by Crippen LogP contribution is 2.55. The standard InChI is InChI=1S/C34H33FN8/c1-42-34-30(31(35)27(18-39-34)23-13-21(15-37-17-23)20-43-11-3-2-4-12-43)28(19-40-42)32-26-14-25(26)29-24(22-7-5-9-36-16-22)8-6-10-38-33(29)41-32/h5-10,13,15-19,25,38,40-41H,2-4,11-12,14,20H2,1H3. The van der Waals surface area contributed by atoms with Crippen molar-refractivity contribution >= 4 is 17.0 Å². The van der Waals surface area contributed by atoms with E-state index in [-0.39, 0.29) is 11.7 Å². The van der Waals surface area contributed by atoms with Crippen LogP contribution in [-0.2, 0) is 6.54 Å². The van der Waals surface area contributed by atoms with Gasteiger partial charge >= 0.3 is 0 Å². The molecule has 3 N–H and O–H groups in total. The first kappa shape index (κ1) is 25.9. The quantitative estimate of drug-likeness (QED) is 0.383. The Balaban J connectivity index is 1.15. The van der Waals surface area contributed by atoms with Gasteiger partial charge in [-0.15, -0.1) is 0 Å². The summed E-state index contributed by atoms with van der Waals surface area (Å²) in [6.07, 6.45) is 21.5. The molecule has 0 amide bonds. The Kier molecular flexibility index (Phi) is 6.33. The van der Waals surface area contributed by atoms with E-state index in [0.29, 0.717) is 16.9 Å². The van der Waals surface area contributed by atoms with Crippen molar-refractivity contribution in [1.82, 2.24) is 35.9 Å². The van der Waals surface area contributed by atoms with Gasteiger partial charge in [0.05, 0.1) is 5.56 Å². The summed E-state index contributed by atoms with van der Waals surface area (Å²) in [4.78, 5) is 16.1. The molecule has 2 fully saturated rings. The number of allylic oxidation sites excluding steroid dienone is 6. The van der Waals surface area contributed by atoms with Gasteiger partial charge in [0.2, 0.25) is 0 Å². The summed E-state index contributed by atoms with van der Waals surface area (Å²) >= 11 is 0. The molecule has 4 aliphatic heterocycles. The lowest BCUT2D eigenvalue weighted by atomic mass is 9.91. The number of piperidine rings is 1. The van der Waals surface area contributed by atoms with Crippen LogP contribution in [0.15, 0.2) is 96.4 Å². The number of fused-ring (bicyclic) bond motifs is 3. The zero-order valence-corrected chi connectivity index (χ0v) is 24.1. The van der Waals surface area contributed by atoms with E-state index in [1.54, 1.807) is 23.6 Å². The Morgan fingerprint density at radius 2 is 1.91 bits per heavy atom. The van der Waals surface area contributed by atoms with Crippen molar-refractivity contribution in [3.8, 4) is 11.1 Å². The van der Waals surface area contributed by atoms with Gasteiger partial charge in [0.1, 0.15) is 11.6 Å². The van der Waals surface area contributed by atoms with E-state index in [1.165, 1.54) is 30.4 Å². The molecule has 0 aromatic carbocycles. The number of nitrogens with zero attached hydrogens (tertiary/aromatic N) is 5. The van der Waals surface area contributed by atoms with E-state index >= 15 is 4.39 Å². The summed E-state index contributed by atoms with van der Waals surface area (Å²) in [5.41, 5.74) is 12.4. The van der Waals surface area contributed by atoms with Crippen LogP contribution >= 0.6 is 0 Å². The molecule has 0 spiro atoms. The fourth-order valence-corrected chi connectivity index (χ4v) is 6.74. The third kappa shape index (κ3) is 4.60. The second-order valence-corrected chi connectivity index (χ2v) is 11.7. The van der Waals surface area contributed by atoms with Crippen molar-refractivity contribution in [3.05, 3.63) is 119 Å². The highest BCUT2D eigenvalue weighted by molar-refractivity contribution is 5.92. The highest BCUT2D eigenvalue weighted by atomic mass is 19.1. The van der Waals surface area contributed by atoms with E-state index in [9.17, 15) is 0 Å². The molecule has 216 valence electrons. The smallest absolute Gasteiger partial charge is 0.157 e. The van der Waals surface area contributed by atoms with Gasteiger partial charge in [0, 0.05) is 96.4 Å². The van der Waals surface area contributed by atoms with E-state index < -0.39 is 0 Å². The summed E-state index contributed by atoms with van der Waals surface area (Å²) in [5.74, 6) is 1.40. The molecule has 0 radical (unpaired) electrons. The van der Waals surface area contributed by atoms with Gasteiger partial charge < -0.3 is 16.1 Å². The number of hydrogen-bond donors (Lipinski definition) is 3. The Labute approximate surface area is 250 Å². The first-order valence-electron chi connectivity index (χ1n) is 15.0. The van der Waals surface area contributed by atoms with E-state index in [1.807, 2.05) is 44.0 Å². The molecule has 43 heavy (non-hydrogen) atoms. The molecular weight excluding hydrogens is 539 g/mol. The number of hydrazine groups is 1. The lowest BCUT2D eigenvalue weighted by Crippen LogP contribution is -2.37. The van der Waals surface area contributed by atoms with Crippen molar-refractivity contribution in [2.75, 3.05) is 25.1 Å². The maximum absolute atomic E-state index is 16.8. The van der Waals surface area contributed by atoms with Gasteiger partial charge in [-0.2, -0.15) is 0 Å². The average molecular weight is 573 g/mol. The summed E-state index contributed by atoms with van der Waals surface area (Å²) in [7, 11) is 1.86. The molecule has 5 aliphatic rings. The number of dihydropyridines is 1. The monoisotopic (exact) mass is 572 g/mol. The molecular formula is C34H33FN8. The number of anilines is 1. The first-order chi connectivity index (χ1) is 21.2. The lowest BCUT2D eigenvalue weighted by molar-refractivity contribution is 0.220. The lowest BCUT2D eigenvalue weighted by Gasteiger charge is -2.31. The second-order valence-electron chi connectivity index (χ2n) is 11.7. The van der Waals surface area contributed by atoms with Crippen molar-refractivity contribution in [2.45, 2.75) is 32.2 Å². The van der Waals surface area contributed by atoms with Gasteiger partial charge in [-0.1, -0.05) is 18.6 Å². The van der Waals surface area contributed by atoms with E-state index in [2.05, 4.69) is 49.1 Å². The highest BCUT2D eigenvalue weighted by Gasteiger charge is 2.45. The maximum Gasteiger partial charge on any atom is 0.157 e. The van der Waals surface area contributed by atoms with E-state index in [4.69, 9.17) is 4.98 Å². The van der Waals surface area contributed by atoms with Crippen LogP contribution in [-0.4, -0.2) is 40.0 Å². The summed E-state index contributed by atoms with van der Waals surface area (Å²) < 4.78 is 16.8. The Bertz CT molecular complexity index is 1760. The minimum atomic E-state index is -0.293. The summed E-state index contributed by atoms with van der Waals surface area (Å²) in [6, 6.07) is 6.11. The summed E-state index contributed by atoms with van der Waals surface area (Å²) in [6.45, 7) is 3.02. The molecule has 1 saturated heterocycles. The van der Waals surface area contributed by atoms with Crippen LogP contribution in [0.1, 0.15) is 42.4 Å². The predicted molar refractivity (Wildman–Crippen MR) is 166 cm³/mol. The Morgan fingerprint density at radius 1 is 1.02 bits per heavy atom. The van der Waals surface area contributed by atoms with Crippen LogP contribution in [0.25, 0.3) is 22.3 Å². The third-order valence-corrected chi connectivity index (χ3v) is 8.94. The predicted octanol–water partition coefficient (Wildman–Crippen LogP) is 5.25. The van der Waals surface area contributed by atoms with Crippen molar-refractivity contribution < 1.29 is 4.39 Å². The fourth-order valence-electron chi connectivity index (χ4n) is 6.74. The van der Waals surface area contributed by atoms with Crippen LogP contribution in [0, 0.1) is 11.7 Å². The molecule has 8 rings (SSSR count). The molecule has 9 heteroatoms. The number of hydrogen-bond acceptors (Lipinski definition) is 8. The molecule has 1 aliphatic carbocycles. The normalized spacial score (nSPS) is 21.0. The van der Waals surface area contributed by atoms with Gasteiger partial charge in [-0.3, -0.25) is 19.9 Å². The minimum Gasteiger partial charge on any atom is -0.348 e. The van der Waals surface area contributed by atoms with Gasteiger partial charge in [-0.25, -0.2) is 9.37 Å². The number of nitrogens with one attached hydrogen (secondary N) is 3. The zero-order valence-electron chi connectivity index (χ0n) is 24.1. The molecule has 3 aromatic heterocycles. The fraction of sp³-hybridized carbons (Fsp3) is 0.265. The van der Waals surface area contributed by atoms with Gasteiger partial charge in [0.15, 0.2) is 5.82 Å². The molecule has 3 aromatic rings. The Hall–Kier alpha value is -4.76. The molecule has 8 nitrogen and oxygen atoms in total. The molecule has 0 bridgehead atoms. The third-order valence-electron chi connectivity index (χ3n) is 8.94. The molecule has 7 heterocycles. The topological polar surface area (TPSA) is 81.2 Å². The number of halogens is 1. The van der Waals surface area contributed by atoms with Crippen molar-refractivity contribution in [2.24, 2.45) is 5.92 Å².